The summed E-state index contributed by atoms with van der Waals surface area (Å²) in [6.45, 7) is 2.09. The molecular weight excluding hydrogens is 248 g/mol. The first-order valence-electron chi connectivity index (χ1n) is 6.73. The predicted molar refractivity (Wildman–Crippen MR) is 67.3 cm³/mol. The number of hydrogen-bond donors (Lipinski definition) is 1. The van der Waals surface area contributed by atoms with Crippen molar-refractivity contribution in [2.24, 2.45) is 5.92 Å². The molecule has 0 spiro atoms. The minimum Gasteiger partial charge on any atom is -0.480 e. The Hall–Kier alpha value is -1.59. The Balaban J connectivity index is 2.04. The molecule has 1 saturated carbocycles. The molecule has 0 aromatic carbocycles. The quantitative estimate of drug-likeness (QED) is 0.796. The minimum absolute atomic E-state index is 0.0622. The number of likely N-dealkylation sites (N-methyl/N-ethyl adjacent to an activating group) is 1. The molecule has 1 aliphatic heterocycles. The molecule has 2 aliphatic rings. The van der Waals surface area contributed by atoms with E-state index in [4.69, 9.17) is 5.11 Å². The maximum atomic E-state index is 12.3. The number of hydrogen-bond acceptors (Lipinski definition) is 3. The fourth-order valence-corrected chi connectivity index (χ4v) is 2.44. The largest absolute Gasteiger partial charge is 0.480 e. The van der Waals surface area contributed by atoms with Gasteiger partial charge in [0.1, 0.15) is 12.1 Å². The van der Waals surface area contributed by atoms with Crippen LogP contribution in [-0.2, 0) is 14.4 Å². The highest BCUT2D eigenvalue weighted by Crippen LogP contribution is 2.34. The van der Waals surface area contributed by atoms with Gasteiger partial charge >= 0.3 is 5.97 Å². The van der Waals surface area contributed by atoms with Crippen LogP contribution in [0.25, 0.3) is 0 Å². The average molecular weight is 268 g/mol. The van der Waals surface area contributed by atoms with Gasteiger partial charge in [0.05, 0.1) is 0 Å². The Morgan fingerprint density at radius 1 is 1.26 bits per heavy atom. The molecule has 2 amide bonds. The normalized spacial score (nSPS) is 24.1. The summed E-state index contributed by atoms with van der Waals surface area (Å²) in [5.74, 6) is -1.14. The zero-order valence-corrected chi connectivity index (χ0v) is 11.3. The molecule has 19 heavy (non-hydrogen) atoms. The van der Waals surface area contributed by atoms with Crippen LogP contribution in [0.15, 0.2) is 0 Å². The van der Waals surface area contributed by atoms with Gasteiger partial charge < -0.3 is 14.9 Å². The third-order valence-electron chi connectivity index (χ3n) is 4.03. The SMILES string of the molecule is CC(C(=O)O)N(C)C(=O)C1CCCN1C(=O)C1CC1. The van der Waals surface area contributed by atoms with Crippen LogP contribution in [0.4, 0.5) is 0 Å². The molecule has 1 N–H and O–H groups in total. The molecule has 0 radical (unpaired) electrons. The van der Waals surface area contributed by atoms with Gasteiger partial charge in [-0.2, -0.15) is 0 Å². The summed E-state index contributed by atoms with van der Waals surface area (Å²) in [5, 5.41) is 8.94. The molecular formula is C13H20N2O4. The van der Waals surface area contributed by atoms with E-state index in [1.165, 1.54) is 18.9 Å². The molecule has 0 aromatic heterocycles. The third kappa shape index (κ3) is 2.72. The lowest BCUT2D eigenvalue weighted by Crippen LogP contribution is -2.51. The van der Waals surface area contributed by atoms with Crippen LogP contribution in [0, 0.1) is 5.92 Å². The second-order valence-corrected chi connectivity index (χ2v) is 5.43. The van der Waals surface area contributed by atoms with Crippen molar-refractivity contribution in [1.82, 2.24) is 9.80 Å². The lowest BCUT2D eigenvalue weighted by molar-refractivity contribution is -0.151. The van der Waals surface area contributed by atoms with Gasteiger partial charge in [-0.15, -0.1) is 0 Å². The second-order valence-electron chi connectivity index (χ2n) is 5.43. The van der Waals surface area contributed by atoms with Crippen molar-refractivity contribution < 1.29 is 19.5 Å². The van der Waals surface area contributed by atoms with Crippen LogP contribution in [0.5, 0.6) is 0 Å². The van der Waals surface area contributed by atoms with Gasteiger partial charge in [-0.25, -0.2) is 4.79 Å². The molecule has 1 saturated heterocycles. The molecule has 0 bridgehead atoms. The number of carboxylic acid groups (broad SMARTS) is 1. The standard InChI is InChI=1S/C13H20N2O4/c1-8(13(18)19)14(2)12(17)10-4-3-7-15(10)11(16)9-5-6-9/h8-10H,3-7H2,1-2H3,(H,18,19). The first kappa shape index (κ1) is 13.8. The summed E-state index contributed by atoms with van der Waals surface area (Å²) in [4.78, 5) is 38.2. The van der Waals surface area contributed by atoms with Gasteiger partial charge in [0.2, 0.25) is 11.8 Å². The van der Waals surface area contributed by atoms with Crippen LogP contribution in [0.1, 0.15) is 32.6 Å². The highest BCUT2D eigenvalue weighted by Gasteiger charge is 2.42. The summed E-state index contributed by atoms with van der Waals surface area (Å²) in [5.41, 5.74) is 0. The van der Waals surface area contributed by atoms with Gasteiger partial charge in [-0.3, -0.25) is 9.59 Å². The molecule has 2 atom stereocenters. The Morgan fingerprint density at radius 3 is 2.42 bits per heavy atom. The van der Waals surface area contributed by atoms with Crippen LogP contribution in [0.2, 0.25) is 0 Å². The lowest BCUT2D eigenvalue weighted by Gasteiger charge is -2.30. The van der Waals surface area contributed by atoms with Crippen molar-refractivity contribution in [3.8, 4) is 0 Å². The van der Waals surface area contributed by atoms with E-state index in [9.17, 15) is 14.4 Å². The topological polar surface area (TPSA) is 77.9 Å². The van der Waals surface area contributed by atoms with E-state index in [1.54, 1.807) is 4.90 Å². The van der Waals surface area contributed by atoms with Crippen molar-refractivity contribution in [1.29, 1.82) is 0 Å². The fourth-order valence-electron chi connectivity index (χ4n) is 2.44. The summed E-state index contributed by atoms with van der Waals surface area (Å²) < 4.78 is 0. The minimum atomic E-state index is -1.03. The van der Waals surface area contributed by atoms with Gasteiger partial charge in [-0.05, 0) is 32.6 Å². The van der Waals surface area contributed by atoms with E-state index in [2.05, 4.69) is 0 Å². The smallest absolute Gasteiger partial charge is 0.326 e. The van der Waals surface area contributed by atoms with Crippen molar-refractivity contribution in [3.05, 3.63) is 0 Å². The van der Waals surface area contributed by atoms with Crippen molar-refractivity contribution in [2.45, 2.75) is 44.7 Å². The number of nitrogens with zero attached hydrogens (tertiary/aromatic N) is 2. The number of rotatable bonds is 4. The highest BCUT2D eigenvalue weighted by molar-refractivity contribution is 5.91. The highest BCUT2D eigenvalue weighted by atomic mass is 16.4. The van der Waals surface area contributed by atoms with Crippen LogP contribution in [0.3, 0.4) is 0 Å². The van der Waals surface area contributed by atoms with Gasteiger partial charge in [0.25, 0.3) is 0 Å². The van der Waals surface area contributed by atoms with Gasteiger partial charge in [0.15, 0.2) is 0 Å². The Kier molecular flexibility index (Phi) is 3.78. The van der Waals surface area contributed by atoms with Crippen molar-refractivity contribution >= 4 is 17.8 Å². The van der Waals surface area contributed by atoms with E-state index in [-0.39, 0.29) is 17.7 Å². The molecule has 2 fully saturated rings. The maximum Gasteiger partial charge on any atom is 0.326 e. The Morgan fingerprint density at radius 2 is 1.89 bits per heavy atom. The lowest BCUT2D eigenvalue weighted by atomic mass is 10.1. The predicted octanol–water partition coefficient (Wildman–Crippen LogP) is 0.319. The summed E-state index contributed by atoms with van der Waals surface area (Å²) in [6.07, 6.45) is 3.27. The van der Waals surface area contributed by atoms with E-state index < -0.39 is 18.1 Å². The Labute approximate surface area is 112 Å². The molecule has 2 unspecified atom stereocenters. The number of aliphatic carboxylic acids is 1. The number of likely N-dealkylation sites (tertiary alicyclic amines) is 1. The van der Waals surface area contributed by atoms with Crippen LogP contribution < -0.4 is 0 Å². The van der Waals surface area contributed by atoms with E-state index in [0.717, 1.165) is 19.3 Å². The van der Waals surface area contributed by atoms with Crippen molar-refractivity contribution in [3.63, 3.8) is 0 Å². The van der Waals surface area contributed by atoms with E-state index >= 15 is 0 Å². The number of carboxylic acids is 1. The zero-order valence-electron chi connectivity index (χ0n) is 11.3. The first-order valence-corrected chi connectivity index (χ1v) is 6.73. The molecule has 2 rings (SSSR count). The van der Waals surface area contributed by atoms with Gasteiger partial charge in [0, 0.05) is 19.5 Å². The molecule has 6 nitrogen and oxygen atoms in total. The monoisotopic (exact) mass is 268 g/mol. The molecule has 106 valence electrons. The Bertz CT molecular complexity index is 405. The first-order chi connectivity index (χ1) is 8.93. The molecule has 0 aromatic rings. The van der Waals surface area contributed by atoms with Gasteiger partial charge in [-0.1, -0.05) is 0 Å². The van der Waals surface area contributed by atoms with Crippen molar-refractivity contribution in [2.75, 3.05) is 13.6 Å². The van der Waals surface area contributed by atoms with Crippen LogP contribution >= 0.6 is 0 Å². The molecule has 6 heteroatoms. The number of amides is 2. The summed E-state index contributed by atoms with van der Waals surface area (Å²) >= 11 is 0. The zero-order chi connectivity index (χ0) is 14.2. The fraction of sp³-hybridized carbons (Fsp3) is 0.769. The molecule has 1 aliphatic carbocycles. The summed E-state index contributed by atoms with van der Waals surface area (Å²) in [6, 6.07) is -1.34. The number of carbonyl (C=O) groups excluding carboxylic acids is 2. The molecule has 1 heterocycles. The van der Waals surface area contributed by atoms with E-state index in [1.807, 2.05) is 0 Å². The third-order valence-corrected chi connectivity index (χ3v) is 4.03. The van der Waals surface area contributed by atoms with Crippen LogP contribution in [-0.4, -0.2) is 58.4 Å². The van der Waals surface area contributed by atoms with E-state index in [0.29, 0.717) is 13.0 Å². The number of carbonyl (C=O) groups is 3. The summed E-state index contributed by atoms with van der Waals surface area (Å²) in [7, 11) is 1.49. The second kappa shape index (κ2) is 5.19. The maximum absolute atomic E-state index is 12.3. The average Bonchev–Trinajstić information content (AvgIpc) is 3.12.